The lowest BCUT2D eigenvalue weighted by Crippen LogP contribution is -2.39. The molecule has 4 nitrogen and oxygen atoms in total. The number of hydrogen-bond donors (Lipinski definition) is 0. The molecular formula is C17H13ClN2O2. The summed E-state index contributed by atoms with van der Waals surface area (Å²) in [6, 6.07) is 8.38. The summed E-state index contributed by atoms with van der Waals surface area (Å²) in [6.07, 6.45) is 6.86. The number of nitriles is 1. The molecule has 1 aromatic rings. The number of fused-ring (bicyclic) bond motifs is 2. The van der Waals surface area contributed by atoms with Crippen molar-refractivity contribution in [3.05, 3.63) is 59.3 Å². The molecule has 110 valence electrons. The lowest BCUT2D eigenvalue weighted by Gasteiger charge is -2.29. The Bertz CT molecular complexity index is 715. The highest BCUT2D eigenvalue weighted by molar-refractivity contribution is 6.30. The number of rotatable bonds is 3. The van der Waals surface area contributed by atoms with E-state index in [1.807, 2.05) is 4.90 Å². The van der Waals surface area contributed by atoms with Gasteiger partial charge >= 0.3 is 0 Å². The Hall–Kier alpha value is -2.38. The second-order valence-corrected chi connectivity index (χ2v) is 5.81. The highest BCUT2D eigenvalue weighted by Crippen LogP contribution is 2.34. The van der Waals surface area contributed by atoms with E-state index in [1.54, 1.807) is 36.5 Å². The minimum atomic E-state index is -0.339. The van der Waals surface area contributed by atoms with E-state index < -0.39 is 0 Å². The zero-order chi connectivity index (χ0) is 15.7. The van der Waals surface area contributed by atoms with Crippen LogP contribution in [0.15, 0.2) is 48.7 Å². The highest BCUT2D eigenvalue weighted by Gasteiger charge is 2.43. The van der Waals surface area contributed by atoms with Crippen molar-refractivity contribution in [2.45, 2.75) is 18.5 Å². The van der Waals surface area contributed by atoms with Gasteiger partial charge in [0, 0.05) is 22.9 Å². The van der Waals surface area contributed by atoms with E-state index >= 15 is 0 Å². The molecule has 1 aromatic carbocycles. The molecule has 0 saturated carbocycles. The Morgan fingerprint density at radius 1 is 1.36 bits per heavy atom. The number of ketones is 2. The number of halogens is 1. The third kappa shape index (κ3) is 2.56. The Morgan fingerprint density at radius 2 is 2.09 bits per heavy atom. The van der Waals surface area contributed by atoms with Crippen LogP contribution in [-0.2, 0) is 4.79 Å². The standard InChI is InChI=1S/C17H13ClN2O2/c18-13-3-1-11(2-4-13)16(21)7-8-20-14-5-6-17(22)15(20)9-12(14)10-19/h1-8,12,14-15H,9H2/b8-7-. The normalized spacial score (nSPS) is 26.5. The molecular weight excluding hydrogens is 300 g/mol. The van der Waals surface area contributed by atoms with Gasteiger partial charge in [0.1, 0.15) is 0 Å². The minimum Gasteiger partial charge on any atom is -0.359 e. The van der Waals surface area contributed by atoms with E-state index in [1.165, 1.54) is 12.2 Å². The van der Waals surface area contributed by atoms with Crippen molar-refractivity contribution in [3.8, 4) is 6.07 Å². The molecule has 22 heavy (non-hydrogen) atoms. The SMILES string of the molecule is N#CC1CC2C(=O)C=CC1N2/C=C\C(=O)c1ccc(Cl)cc1. The van der Waals surface area contributed by atoms with Crippen molar-refractivity contribution >= 4 is 23.2 Å². The molecule has 0 radical (unpaired) electrons. The van der Waals surface area contributed by atoms with Crippen molar-refractivity contribution in [2.24, 2.45) is 5.92 Å². The van der Waals surface area contributed by atoms with Crippen molar-refractivity contribution in [1.29, 1.82) is 5.26 Å². The Labute approximate surface area is 133 Å². The van der Waals surface area contributed by atoms with Gasteiger partial charge in [0.2, 0.25) is 0 Å². The van der Waals surface area contributed by atoms with Gasteiger partial charge in [-0.05, 0) is 36.8 Å². The van der Waals surface area contributed by atoms with E-state index in [4.69, 9.17) is 11.6 Å². The first-order valence-electron chi connectivity index (χ1n) is 6.97. The molecule has 5 heteroatoms. The Kier molecular flexibility index (Phi) is 3.82. The van der Waals surface area contributed by atoms with E-state index in [9.17, 15) is 14.9 Å². The summed E-state index contributed by atoms with van der Waals surface area (Å²) in [6.45, 7) is 0. The first kappa shape index (κ1) is 14.6. The molecule has 3 atom stereocenters. The van der Waals surface area contributed by atoms with Gasteiger partial charge in [0.05, 0.1) is 24.1 Å². The molecule has 3 unspecified atom stereocenters. The fourth-order valence-corrected chi connectivity index (χ4v) is 3.04. The Balaban J connectivity index is 1.79. The summed E-state index contributed by atoms with van der Waals surface area (Å²) >= 11 is 5.80. The van der Waals surface area contributed by atoms with E-state index in [0.717, 1.165) is 0 Å². The first-order chi connectivity index (χ1) is 10.6. The van der Waals surface area contributed by atoms with Crippen LogP contribution in [0.2, 0.25) is 5.02 Å². The largest absolute Gasteiger partial charge is 0.359 e. The Morgan fingerprint density at radius 3 is 2.77 bits per heavy atom. The van der Waals surface area contributed by atoms with Crippen molar-refractivity contribution in [2.75, 3.05) is 0 Å². The lowest BCUT2D eigenvalue weighted by atomic mass is 10.0. The van der Waals surface area contributed by atoms with Crippen molar-refractivity contribution < 1.29 is 9.59 Å². The van der Waals surface area contributed by atoms with Gasteiger partial charge in [0.25, 0.3) is 0 Å². The maximum Gasteiger partial charge on any atom is 0.187 e. The molecule has 0 aliphatic carbocycles. The van der Waals surface area contributed by atoms with Crippen LogP contribution in [0.1, 0.15) is 16.8 Å². The summed E-state index contributed by atoms with van der Waals surface area (Å²) in [5, 5.41) is 9.74. The quantitative estimate of drug-likeness (QED) is 0.636. The second kappa shape index (κ2) is 5.78. The fraction of sp³-hybridized carbons (Fsp3) is 0.235. The first-order valence-corrected chi connectivity index (χ1v) is 7.35. The van der Waals surface area contributed by atoms with Gasteiger partial charge in [-0.15, -0.1) is 0 Å². The maximum absolute atomic E-state index is 12.1. The molecule has 2 aliphatic heterocycles. The molecule has 2 heterocycles. The molecule has 2 aliphatic rings. The van der Waals surface area contributed by atoms with Gasteiger partial charge in [-0.2, -0.15) is 5.26 Å². The number of hydrogen-bond acceptors (Lipinski definition) is 4. The minimum absolute atomic E-state index is 0.0161. The molecule has 0 amide bonds. The molecule has 1 fully saturated rings. The monoisotopic (exact) mass is 312 g/mol. The van der Waals surface area contributed by atoms with Crippen LogP contribution in [0, 0.1) is 17.2 Å². The van der Waals surface area contributed by atoms with Gasteiger partial charge < -0.3 is 4.90 Å². The zero-order valence-electron chi connectivity index (χ0n) is 11.6. The third-order valence-electron chi connectivity index (χ3n) is 4.07. The van der Waals surface area contributed by atoms with E-state index in [-0.39, 0.29) is 29.6 Å². The molecule has 2 bridgehead atoms. The van der Waals surface area contributed by atoms with Gasteiger partial charge in [-0.3, -0.25) is 9.59 Å². The van der Waals surface area contributed by atoms with Crippen LogP contribution < -0.4 is 0 Å². The predicted molar refractivity (Wildman–Crippen MR) is 82.2 cm³/mol. The van der Waals surface area contributed by atoms with E-state index in [0.29, 0.717) is 17.0 Å². The molecule has 0 spiro atoms. The van der Waals surface area contributed by atoms with E-state index in [2.05, 4.69) is 6.07 Å². The van der Waals surface area contributed by atoms with Crippen LogP contribution in [0.25, 0.3) is 0 Å². The van der Waals surface area contributed by atoms with Gasteiger partial charge in [0.15, 0.2) is 11.6 Å². The van der Waals surface area contributed by atoms with Crippen LogP contribution in [0.4, 0.5) is 0 Å². The summed E-state index contributed by atoms with van der Waals surface area (Å²) in [4.78, 5) is 25.9. The van der Waals surface area contributed by atoms with Crippen molar-refractivity contribution in [3.63, 3.8) is 0 Å². The maximum atomic E-state index is 12.1. The second-order valence-electron chi connectivity index (χ2n) is 5.37. The lowest BCUT2D eigenvalue weighted by molar-refractivity contribution is -0.118. The average molecular weight is 313 g/mol. The summed E-state index contributed by atoms with van der Waals surface area (Å²) in [5.41, 5.74) is 0.531. The number of carbonyl (C=O) groups is 2. The molecule has 0 aromatic heterocycles. The van der Waals surface area contributed by atoms with Crippen LogP contribution >= 0.6 is 11.6 Å². The summed E-state index contributed by atoms with van der Waals surface area (Å²) in [7, 11) is 0. The molecule has 1 saturated heterocycles. The molecule has 3 rings (SSSR count). The van der Waals surface area contributed by atoms with Gasteiger partial charge in [-0.25, -0.2) is 0 Å². The summed E-state index contributed by atoms with van der Waals surface area (Å²) in [5.74, 6) is -0.396. The zero-order valence-corrected chi connectivity index (χ0v) is 12.4. The predicted octanol–water partition coefficient (Wildman–Crippen LogP) is 2.76. The topological polar surface area (TPSA) is 61.2 Å². The number of nitrogens with zero attached hydrogens (tertiary/aromatic N) is 2. The summed E-state index contributed by atoms with van der Waals surface area (Å²) < 4.78 is 0. The van der Waals surface area contributed by atoms with Crippen LogP contribution in [0.5, 0.6) is 0 Å². The smallest absolute Gasteiger partial charge is 0.187 e. The fourth-order valence-electron chi connectivity index (χ4n) is 2.91. The van der Waals surface area contributed by atoms with Crippen LogP contribution in [-0.4, -0.2) is 28.6 Å². The van der Waals surface area contributed by atoms with Gasteiger partial charge in [-0.1, -0.05) is 17.7 Å². The molecule has 0 N–H and O–H groups in total. The number of carbonyl (C=O) groups excluding carboxylic acids is 2. The average Bonchev–Trinajstić information content (AvgIpc) is 2.79. The number of allylic oxidation sites excluding steroid dienone is 1. The highest BCUT2D eigenvalue weighted by atomic mass is 35.5. The van der Waals surface area contributed by atoms with Crippen molar-refractivity contribution in [1.82, 2.24) is 4.90 Å². The van der Waals surface area contributed by atoms with Crippen LogP contribution in [0.3, 0.4) is 0 Å². The number of benzene rings is 1. The third-order valence-corrected chi connectivity index (χ3v) is 4.32.